The van der Waals surface area contributed by atoms with Crippen molar-refractivity contribution in [2.75, 3.05) is 7.11 Å². The van der Waals surface area contributed by atoms with Crippen molar-refractivity contribution in [3.63, 3.8) is 0 Å². The summed E-state index contributed by atoms with van der Waals surface area (Å²) in [5.41, 5.74) is 0.480. The minimum atomic E-state index is -1.27. The molecule has 1 rings (SSSR count). The fourth-order valence-corrected chi connectivity index (χ4v) is 1.72. The van der Waals surface area contributed by atoms with Gasteiger partial charge in [0.1, 0.15) is 5.75 Å². The Morgan fingerprint density at radius 2 is 1.75 bits per heavy atom. The van der Waals surface area contributed by atoms with Crippen LogP contribution in [0.15, 0.2) is 6.07 Å². The van der Waals surface area contributed by atoms with E-state index in [0.717, 1.165) is 0 Å². The summed E-state index contributed by atoms with van der Waals surface area (Å²) in [4.78, 5) is 21.9. The lowest BCUT2D eigenvalue weighted by Crippen LogP contribution is -2.12. The van der Waals surface area contributed by atoms with Crippen molar-refractivity contribution in [1.29, 1.82) is 0 Å². The van der Waals surface area contributed by atoms with Gasteiger partial charge >= 0.3 is 11.9 Å². The number of hydrogen-bond donors (Lipinski definition) is 2. The summed E-state index contributed by atoms with van der Waals surface area (Å²) < 4.78 is 5.05. The molecule has 5 nitrogen and oxygen atoms in total. The van der Waals surface area contributed by atoms with Gasteiger partial charge in [-0.25, -0.2) is 9.59 Å². The summed E-state index contributed by atoms with van der Waals surface area (Å²) in [6.07, 6.45) is 0. The van der Waals surface area contributed by atoms with Crippen molar-refractivity contribution < 1.29 is 24.5 Å². The van der Waals surface area contributed by atoms with Gasteiger partial charge in [0.15, 0.2) is 0 Å². The highest BCUT2D eigenvalue weighted by atomic mass is 16.5. The molecule has 0 unspecified atom stereocenters. The number of carboxylic acids is 2. The molecule has 5 heteroatoms. The zero-order chi connectivity index (χ0) is 12.5. The minimum Gasteiger partial charge on any atom is -0.496 e. The van der Waals surface area contributed by atoms with Gasteiger partial charge in [-0.3, -0.25) is 0 Å². The average Bonchev–Trinajstić information content (AvgIpc) is 2.16. The molecule has 2 N–H and O–H groups in total. The third kappa shape index (κ3) is 1.84. The van der Waals surface area contributed by atoms with Crippen LogP contribution < -0.4 is 4.74 Å². The van der Waals surface area contributed by atoms with Gasteiger partial charge in [-0.1, -0.05) is 0 Å². The number of carbonyl (C=O) groups is 2. The molecule has 0 radical (unpaired) electrons. The Labute approximate surface area is 92.3 Å². The Bertz CT molecular complexity index is 462. The quantitative estimate of drug-likeness (QED) is 0.816. The van der Waals surface area contributed by atoms with Gasteiger partial charge in [-0.2, -0.15) is 0 Å². The number of carboxylic acid groups (broad SMARTS) is 2. The Morgan fingerprint density at radius 1 is 1.19 bits per heavy atom. The van der Waals surface area contributed by atoms with E-state index in [4.69, 9.17) is 14.9 Å². The van der Waals surface area contributed by atoms with Gasteiger partial charge in [0, 0.05) is 5.56 Å². The molecule has 0 aromatic heterocycles. The van der Waals surface area contributed by atoms with Gasteiger partial charge < -0.3 is 14.9 Å². The molecule has 0 aliphatic heterocycles. The zero-order valence-corrected chi connectivity index (χ0v) is 9.20. The first-order chi connectivity index (χ1) is 7.40. The smallest absolute Gasteiger partial charge is 0.336 e. The standard InChI is InChI=1S/C11H12O5/c1-5-4-7(10(12)13)8(11(14)15)6(2)9(5)16-3/h4H,1-3H3,(H,12,13)(H,14,15). The number of ether oxygens (including phenoxy) is 1. The van der Waals surface area contributed by atoms with E-state index in [-0.39, 0.29) is 11.1 Å². The number of hydrogen-bond acceptors (Lipinski definition) is 3. The third-order valence-electron chi connectivity index (χ3n) is 2.35. The van der Waals surface area contributed by atoms with Crippen molar-refractivity contribution in [1.82, 2.24) is 0 Å². The zero-order valence-electron chi connectivity index (χ0n) is 9.20. The normalized spacial score (nSPS) is 9.94. The highest BCUT2D eigenvalue weighted by Crippen LogP contribution is 2.29. The molecule has 0 aliphatic rings. The van der Waals surface area contributed by atoms with Crippen molar-refractivity contribution in [3.8, 4) is 5.75 Å². The lowest BCUT2D eigenvalue weighted by atomic mass is 9.97. The highest BCUT2D eigenvalue weighted by molar-refractivity contribution is 6.03. The van der Waals surface area contributed by atoms with Gasteiger partial charge in [0.2, 0.25) is 0 Å². The van der Waals surface area contributed by atoms with E-state index in [1.807, 2.05) is 0 Å². The largest absolute Gasteiger partial charge is 0.496 e. The maximum Gasteiger partial charge on any atom is 0.336 e. The lowest BCUT2D eigenvalue weighted by molar-refractivity contribution is 0.0650. The predicted octanol–water partition coefficient (Wildman–Crippen LogP) is 1.71. The van der Waals surface area contributed by atoms with Crippen LogP contribution in [-0.4, -0.2) is 29.3 Å². The molecule has 1 aromatic carbocycles. The van der Waals surface area contributed by atoms with E-state index >= 15 is 0 Å². The van der Waals surface area contributed by atoms with E-state index < -0.39 is 11.9 Å². The summed E-state index contributed by atoms with van der Waals surface area (Å²) in [6.45, 7) is 3.20. The molecule has 0 aliphatic carbocycles. The molecule has 86 valence electrons. The highest BCUT2D eigenvalue weighted by Gasteiger charge is 2.22. The second-order valence-electron chi connectivity index (χ2n) is 3.38. The second-order valence-corrected chi connectivity index (χ2v) is 3.38. The summed E-state index contributed by atoms with van der Waals surface area (Å²) in [7, 11) is 1.42. The SMILES string of the molecule is COc1c(C)cc(C(=O)O)c(C(=O)O)c1C. The van der Waals surface area contributed by atoms with E-state index in [0.29, 0.717) is 16.9 Å². The number of benzene rings is 1. The summed E-state index contributed by atoms with van der Waals surface area (Å²) >= 11 is 0. The molecule has 0 spiro atoms. The maximum atomic E-state index is 11.0. The lowest BCUT2D eigenvalue weighted by Gasteiger charge is -2.13. The first-order valence-electron chi connectivity index (χ1n) is 4.55. The summed E-state index contributed by atoms with van der Waals surface area (Å²) in [5.74, 6) is -2.12. The third-order valence-corrected chi connectivity index (χ3v) is 2.35. The average molecular weight is 224 g/mol. The molecule has 0 heterocycles. The molecule has 0 saturated carbocycles. The molecule has 0 saturated heterocycles. The van der Waals surface area contributed by atoms with Crippen LogP contribution in [0.3, 0.4) is 0 Å². The number of rotatable bonds is 3. The fourth-order valence-electron chi connectivity index (χ4n) is 1.72. The van der Waals surface area contributed by atoms with Crippen LogP contribution in [0.5, 0.6) is 5.75 Å². The second kappa shape index (κ2) is 4.22. The maximum absolute atomic E-state index is 11.0. The number of methoxy groups -OCH3 is 1. The molecule has 0 fully saturated rings. The van der Waals surface area contributed by atoms with Crippen LogP contribution in [0, 0.1) is 13.8 Å². The van der Waals surface area contributed by atoms with Crippen molar-refractivity contribution in [3.05, 3.63) is 28.3 Å². The van der Waals surface area contributed by atoms with Crippen LogP contribution in [0.4, 0.5) is 0 Å². The minimum absolute atomic E-state index is 0.219. The van der Waals surface area contributed by atoms with Crippen LogP contribution >= 0.6 is 0 Å². The van der Waals surface area contributed by atoms with Crippen molar-refractivity contribution in [2.45, 2.75) is 13.8 Å². The van der Waals surface area contributed by atoms with E-state index in [1.54, 1.807) is 6.92 Å². The topological polar surface area (TPSA) is 83.8 Å². The van der Waals surface area contributed by atoms with Crippen LogP contribution in [0.25, 0.3) is 0 Å². The van der Waals surface area contributed by atoms with E-state index in [1.165, 1.54) is 20.1 Å². The molecular formula is C11H12O5. The number of aromatic carboxylic acids is 2. The molecule has 1 aromatic rings. The Hall–Kier alpha value is -2.04. The first-order valence-corrected chi connectivity index (χ1v) is 4.55. The molecule has 0 atom stereocenters. The van der Waals surface area contributed by atoms with E-state index in [9.17, 15) is 9.59 Å². The number of aryl methyl sites for hydroxylation is 1. The van der Waals surface area contributed by atoms with Crippen LogP contribution in [-0.2, 0) is 0 Å². The van der Waals surface area contributed by atoms with E-state index in [2.05, 4.69) is 0 Å². The summed E-state index contributed by atoms with van der Waals surface area (Å²) in [5, 5.41) is 17.9. The summed E-state index contributed by atoms with van der Waals surface area (Å²) in [6, 6.07) is 1.30. The fraction of sp³-hybridized carbons (Fsp3) is 0.273. The van der Waals surface area contributed by atoms with Gasteiger partial charge in [-0.05, 0) is 25.5 Å². The van der Waals surface area contributed by atoms with Crippen LogP contribution in [0.1, 0.15) is 31.8 Å². The Kier molecular flexibility index (Phi) is 3.17. The monoisotopic (exact) mass is 224 g/mol. The molecule has 0 amide bonds. The Morgan fingerprint density at radius 3 is 2.12 bits per heavy atom. The molecule has 0 bridgehead atoms. The van der Waals surface area contributed by atoms with Gasteiger partial charge in [0.25, 0.3) is 0 Å². The van der Waals surface area contributed by atoms with Gasteiger partial charge in [0.05, 0.1) is 18.2 Å². The van der Waals surface area contributed by atoms with Crippen molar-refractivity contribution in [2.24, 2.45) is 0 Å². The molecule has 16 heavy (non-hydrogen) atoms. The van der Waals surface area contributed by atoms with Gasteiger partial charge in [-0.15, -0.1) is 0 Å². The predicted molar refractivity (Wildman–Crippen MR) is 56.4 cm³/mol. The molecular weight excluding hydrogens is 212 g/mol. The van der Waals surface area contributed by atoms with Crippen LogP contribution in [0.2, 0.25) is 0 Å². The first kappa shape index (κ1) is 12.0. The Balaban J connectivity index is 3.65. The van der Waals surface area contributed by atoms with Crippen molar-refractivity contribution >= 4 is 11.9 Å².